The van der Waals surface area contributed by atoms with E-state index in [9.17, 15) is 0 Å². The van der Waals surface area contributed by atoms with Gasteiger partial charge in [0.2, 0.25) is 0 Å². The molecule has 0 bridgehead atoms. The van der Waals surface area contributed by atoms with Gasteiger partial charge in [-0.2, -0.15) is 19.1 Å². The Morgan fingerprint density at radius 2 is 1.67 bits per heavy atom. The fourth-order valence-corrected chi connectivity index (χ4v) is 1.83. The van der Waals surface area contributed by atoms with Crippen molar-refractivity contribution in [2.24, 2.45) is 0 Å². The molecular formula is C10H15NaSi. The van der Waals surface area contributed by atoms with Crippen LogP contribution in [0.1, 0.15) is 5.56 Å². The summed E-state index contributed by atoms with van der Waals surface area (Å²) >= 11 is 0. The molecule has 0 unspecified atom stereocenters. The normalized spacial score (nSPS) is 9.58. The molecule has 12 heavy (non-hydrogen) atoms. The Morgan fingerprint density at radius 3 is 2.17 bits per heavy atom. The molecule has 0 N–H and O–H groups in total. The third-order valence-corrected chi connectivity index (χ3v) is 3.01. The molecule has 1 aromatic carbocycles. The number of hydrogen-bond acceptors (Lipinski definition) is 0. The average molecular weight is 186 g/mol. The number of hydrogen-bond donors (Lipinski definition) is 0. The zero-order chi connectivity index (χ0) is 8.10. The first-order valence-corrected chi connectivity index (χ1v) is 6.82. The first kappa shape index (κ1) is 12.4. The van der Waals surface area contributed by atoms with Crippen LogP contribution in [0.25, 0.3) is 0 Å². The predicted octanol–water partition coefficient (Wildman–Crippen LogP) is -0.0125. The van der Waals surface area contributed by atoms with Crippen molar-refractivity contribution < 1.29 is 29.6 Å². The molecule has 1 rings (SSSR count). The van der Waals surface area contributed by atoms with Crippen LogP contribution < -0.4 is 29.6 Å². The molecular weight excluding hydrogens is 171 g/mol. The SMILES string of the molecule is C[Si-](C)CCc1ccccc1.[Na+]. The van der Waals surface area contributed by atoms with Gasteiger partial charge in [0.05, 0.1) is 0 Å². The van der Waals surface area contributed by atoms with Gasteiger partial charge in [-0.3, -0.25) is 8.80 Å². The molecule has 0 spiro atoms. The van der Waals surface area contributed by atoms with Crippen LogP contribution >= 0.6 is 0 Å². The summed E-state index contributed by atoms with van der Waals surface area (Å²) in [6.45, 7) is 4.74. The van der Waals surface area contributed by atoms with Crippen molar-refractivity contribution >= 4 is 8.80 Å². The molecule has 0 saturated carbocycles. The molecule has 1 aromatic rings. The summed E-state index contributed by atoms with van der Waals surface area (Å²) in [5.74, 6) is 0. The summed E-state index contributed by atoms with van der Waals surface area (Å²) in [5, 5.41) is 0. The number of rotatable bonds is 3. The fourth-order valence-electron chi connectivity index (χ4n) is 1.04. The third-order valence-electron chi connectivity index (χ3n) is 1.76. The quantitative estimate of drug-likeness (QED) is 0.582. The van der Waals surface area contributed by atoms with E-state index in [4.69, 9.17) is 0 Å². The molecule has 0 saturated heterocycles. The summed E-state index contributed by atoms with van der Waals surface area (Å²) in [6.07, 6.45) is 1.27. The minimum absolute atomic E-state index is 0. The topological polar surface area (TPSA) is 0 Å². The van der Waals surface area contributed by atoms with Gasteiger partial charge in [0.15, 0.2) is 0 Å². The Hall–Kier alpha value is 0.437. The second kappa shape index (κ2) is 6.90. The summed E-state index contributed by atoms with van der Waals surface area (Å²) in [7, 11) is -0.0322. The second-order valence-electron chi connectivity index (χ2n) is 3.19. The van der Waals surface area contributed by atoms with E-state index < -0.39 is 0 Å². The van der Waals surface area contributed by atoms with Gasteiger partial charge in [0.1, 0.15) is 0 Å². The van der Waals surface area contributed by atoms with Crippen LogP contribution in [0.2, 0.25) is 19.1 Å². The minimum atomic E-state index is -0.0322. The molecule has 0 heterocycles. The van der Waals surface area contributed by atoms with Gasteiger partial charge in [-0.05, 0) is 0 Å². The van der Waals surface area contributed by atoms with Gasteiger partial charge in [0, 0.05) is 0 Å². The van der Waals surface area contributed by atoms with Crippen LogP contribution in [-0.4, -0.2) is 8.80 Å². The molecule has 0 nitrogen and oxygen atoms in total. The van der Waals surface area contributed by atoms with Gasteiger partial charge in [-0.25, -0.2) is 0 Å². The molecule has 0 fully saturated rings. The van der Waals surface area contributed by atoms with Crippen molar-refractivity contribution in [2.75, 3.05) is 0 Å². The first-order chi connectivity index (χ1) is 5.29. The van der Waals surface area contributed by atoms with Crippen LogP contribution in [0.4, 0.5) is 0 Å². The van der Waals surface area contributed by atoms with Crippen LogP contribution in [0.15, 0.2) is 30.3 Å². The standard InChI is InChI=1S/C10H15Si.Na/c1-11(2)9-8-10-6-4-3-5-7-10;/h3-7H,8-9H2,1-2H3;/q-1;+1. The fraction of sp³-hybridized carbons (Fsp3) is 0.400. The Morgan fingerprint density at radius 1 is 1.08 bits per heavy atom. The van der Waals surface area contributed by atoms with Crippen LogP contribution in [-0.2, 0) is 6.42 Å². The van der Waals surface area contributed by atoms with Gasteiger partial charge in [0.25, 0.3) is 0 Å². The summed E-state index contributed by atoms with van der Waals surface area (Å²) in [5.41, 5.74) is 1.48. The van der Waals surface area contributed by atoms with E-state index in [2.05, 4.69) is 43.4 Å². The van der Waals surface area contributed by atoms with Gasteiger partial charge < -0.3 is 0 Å². The maximum Gasteiger partial charge on any atom is 1.00 e. The van der Waals surface area contributed by atoms with E-state index in [-0.39, 0.29) is 38.4 Å². The maximum absolute atomic E-state index is 2.37. The largest absolute Gasteiger partial charge is 1.00 e. The van der Waals surface area contributed by atoms with Gasteiger partial charge >= 0.3 is 29.6 Å². The summed E-state index contributed by atoms with van der Waals surface area (Å²) in [6, 6.07) is 12.1. The van der Waals surface area contributed by atoms with E-state index in [1.165, 1.54) is 18.0 Å². The average Bonchev–Trinajstić information content (AvgIpc) is 2.03. The van der Waals surface area contributed by atoms with Crippen LogP contribution in [0.5, 0.6) is 0 Å². The smallest absolute Gasteiger partial charge is 0.267 e. The van der Waals surface area contributed by atoms with E-state index in [0.29, 0.717) is 0 Å². The molecule has 0 aliphatic heterocycles. The molecule has 0 aliphatic rings. The van der Waals surface area contributed by atoms with Crippen LogP contribution in [0.3, 0.4) is 0 Å². The van der Waals surface area contributed by atoms with Crippen molar-refractivity contribution in [3.05, 3.63) is 35.9 Å². The third kappa shape index (κ3) is 5.15. The molecule has 0 amide bonds. The molecule has 0 radical (unpaired) electrons. The molecule has 60 valence electrons. The molecule has 0 aliphatic carbocycles. The van der Waals surface area contributed by atoms with Gasteiger partial charge in [-0.15, -0.1) is 0 Å². The maximum atomic E-state index is 2.37. The van der Waals surface area contributed by atoms with Gasteiger partial charge in [-0.1, -0.05) is 42.3 Å². The van der Waals surface area contributed by atoms with E-state index in [0.717, 1.165) is 0 Å². The van der Waals surface area contributed by atoms with E-state index >= 15 is 0 Å². The van der Waals surface area contributed by atoms with E-state index in [1.54, 1.807) is 0 Å². The zero-order valence-electron chi connectivity index (χ0n) is 8.30. The Labute approximate surface area is 99.3 Å². The van der Waals surface area contributed by atoms with Crippen molar-refractivity contribution in [3.8, 4) is 0 Å². The van der Waals surface area contributed by atoms with Crippen molar-refractivity contribution in [1.29, 1.82) is 0 Å². The summed E-state index contributed by atoms with van der Waals surface area (Å²) < 4.78 is 0. The number of aryl methyl sites for hydroxylation is 1. The van der Waals surface area contributed by atoms with E-state index in [1.807, 2.05) is 0 Å². The first-order valence-electron chi connectivity index (χ1n) is 4.12. The molecule has 0 aromatic heterocycles. The zero-order valence-corrected chi connectivity index (χ0v) is 11.3. The Balaban J connectivity index is 0.00000121. The predicted molar refractivity (Wildman–Crippen MR) is 52.4 cm³/mol. The number of benzene rings is 1. The van der Waals surface area contributed by atoms with Crippen molar-refractivity contribution in [2.45, 2.75) is 25.6 Å². The Bertz CT molecular complexity index is 196. The molecule has 0 atom stereocenters. The van der Waals surface area contributed by atoms with Crippen molar-refractivity contribution in [3.63, 3.8) is 0 Å². The second-order valence-corrected chi connectivity index (χ2v) is 6.11. The summed E-state index contributed by atoms with van der Waals surface area (Å²) in [4.78, 5) is 0. The monoisotopic (exact) mass is 186 g/mol. The molecule has 2 heteroatoms. The van der Waals surface area contributed by atoms with Crippen molar-refractivity contribution in [1.82, 2.24) is 0 Å². The van der Waals surface area contributed by atoms with Crippen LogP contribution in [0, 0.1) is 0 Å². The Kier molecular flexibility index (Phi) is 7.15. The minimum Gasteiger partial charge on any atom is -0.267 e.